The fraction of sp³-hybridized carbons (Fsp3) is 0.444. The topological polar surface area (TPSA) is 60.4 Å². The third-order valence-corrected chi connectivity index (χ3v) is 5.23. The molecule has 1 atom stereocenters. The summed E-state index contributed by atoms with van der Waals surface area (Å²) in [7, 11) is 0. The van der Waals surface area contributed by atoms with Crippen molar-refractivity contribution in [2.75, 3.05) is 0 Å². The van der Waals surface area contributed by atoms with E-state index >= 15 is 0 Å². The maximum Gasteiger partial charge on any atom is 0.306 e. The van der Waals surface area contributed by atoms with Crippen molar-refractivity contribution in [3.8, 4) is 0 Å². The van der Waals surface area contributed by atoms with Crippen LogP contribution in [0.5, 0.6) is 0 Å². The number of carbonyl (C=O) groups excluding carboxylic acids is 3. The van der Waals surface area contributed by atoms with Crippen LogP contribution in [0.15, 0.2) is 70.9 Å². The second-order valence-corrected chi connectivity index (χ2v) is 8.71. The highest BCUT2D eigenvalue weighted by Crippen LogP contribution is 2.40. The average Bonchev–Trinajstić information content (AvgIpc) is 2.68. The predicted molar refractivity (Wildman–Crippen MR) is 127 cm³/mol. The molecule has 0 aromatic heterocycles. The number of rotatable bonds is 9. The summed E-state index contributed by atoms with van der Waals surface area (Å²) in [6, 6.07) is 0. The van der Waals surface area contributed by atoms with E-state index in [1.807, 2.05) is 83.2 Å². The van der Waals surface area contributed by atoms with Crippen LogP contribution in [0.4, 0.5) is 0 Å². The molecule has 1 unspecified atom stereocenters. The van der Waals surface area contributed by atoms with Gasteiger partial charge in [0.15, 0.2) is 11.9 Å². The monoisotopic (exact) mass is 424 g/mol. The van der Waals surface area contributed by atoms with Crippen LogP contribution >= 0.6 is 0 Å². The molecule has 31 heavy (non-hydrogen) atoms. The lowest BCUT2D eigenvalue weighted by Crippen LogP contribution is -2.39. The molecule has 168 valence electrons. The number of esters is 1. The molecule has 0 aromatic carbocycles. The van der Waals surface area contributed by atoms with Crippen LogP contribution in [0.3, 0.4) is 0 Å². The van der Waals surface area contributed by atoms with E-state index in [4.69, 9.17) is 4.74 Å². The van der Waals surface area contributed by atoms with E-state index in [-0.39, 0.29) is 29.8 Å². The molecule has 0 spiro atoms. The molecule has 1 rings (SSSR count). The van der Waals surface area contributed by atoms with Crippen LogP contribution in [0, 0.1) is 5.41 Å². The van der Waals surface area contributed by atoms with Crippen molar-refractivity contribution in [1.29, 1.82) is 0 Å². The summed E-state index contributed by atoms with van der Waals surface area (Å²) in [6.07, 6.45) is 15.9. The lowest BCUT2D eigenvalue weighted by atomic mass is 9.71. The van der Waals surface area contributed by atoms with Crippen molar-refractivity contribution in [2.24, 2.45) is 5.41 Å². The van der Waals surface area contributed by atoms with Crippen molar-refractivity contribution in [2.45, 2.75) is 73.8 Å². The molecular weight excluding hydrogens is 388 g/mol. The summed E-state index contributed by atoms with van der Waals surface area (Å²) < 4.78 is 5.41. The third kappa shape index (κ3) is 8.87. The van der Waals surface area contributed by atoms with Gasteiger partial charge in [-0.25, -0.2) is 0 Å². The van der Waals surface area contributed by atoms with Crippen LogP contribution in [0.1, 0.15) is 67.7 Å². The predicted octanol–water partition coefficient (Wildman–Crippen LogP) is 6.16. The first-order valence-electron chi connectivity index (χ1n) is 10.7. The van der Waals surface area contributed by atoms with Gasteiger partial charge in [0, 0.05) is 12.8 Å². The highest BCUT2D eigenvalue weighted by Gasteiger charge is 2.39. The quantitative estimate of drug-likeness (QED) is 0.328. The molecule has 1 aliphatic carbocycles. The molecule has 0 N–H and O–H groups in total. The number of Topliss-reactive ketones (excluding diaryl/α,β-unsaturated/α-hetero) is 2. The van der Waals surface area contributed by atoms with E-state index in [1.165, 1.54) is 6.92 Å². The molecule has 1 aliphatic rings. The number of hydrogen-bond donors (Lipinski definition) is 0. The molecule has 0 bridgehead atoms. The van der Waals surface area contributed by atoms with Crippen LogP contribution in [0.2, 0.25) is 0 Å². The largest absolute Gasteiger partial charge is 0.454 e. The van der Waals surface area contributed by atoms with E-state index < -0.39 is 12.1 Å². The first kappa shape index (κ1) is 26.3. The Hall–Kier alpha value is -2.75. The Morgan fingerprint density at radius 2 is 1.65 bits per heavy atom. The first-order chi connectivity index (χ1) is 14.5. The minimum absolute atomic E-state index is 0.00989. The SMILES string of the molecule is C/C=C/C=C(C)/C=C/C=C(C)/C=C/C1=C(C)C(=O)C(OC(=O)CCC(C)=O)CC1(C)C. The number of ether oxygens (including phenoxy) is 1. The standard InChI is InChI=1S/C27H36O4/c1-8-9-11-19(2)12-10-13-20(3)14-16-23-22(5)26(30)24(18-27(23,6)7)31-25(29)17-15-21(4)28/h8-14,16,24H,15,17-18H2,1-7H3/b9-8+,12-10+,16-14+,19-11+,20-13+. The molecule has 0 amide bonds. The van der Waals surface area contributed by atoms with Crippen LogP contribution in [-0.2, 0) is 19.1 Å². The highest BCUT2D eigenvalue weighted by molar-refractivity contribution is 6.01. The zero-order chi connectivity index (χ0) is 23.6. The van der Waals surface area contributed by atoms with Gasteiger partial charge in [0.1, 0.15) is 5.78 Å². The van der Waals surface area contributed by atoms with Crippen molar-refractivity contribution in [3.63, 3.8) is 0 Å². The van der Waals surface area contributed by atoms with Crippen molar-refractivity contribution >= 4 is 17.5 Å². The summed E-state index contributed by atoms with van der Waals surface area (Å²) >= 11 is 0. The normalized spacial score (nSPS) is 20.4. The molecule has 0 radical (unpaired) electrons. The number of hydrogen-bond acceptors (Lipinski definition) is 4. The second kappa shape index (κ2) is 12.2. The number of carbonyl (C=O) groups is 3. The van der Waals surface area contributed by atoms with Crippen LogP contribution in [0.25, 0.3) is 0 Å². The molecule has 0 aromatic rings. The number of allylic oxidation sites excluding steroid dienone is 11. The van der Waals surface area contributed by atoms with Crippen LogP contribution in [-0.4, -0.2) is 23.6 Å². The van der Waals surface area contributed by atoms with Gasteiger partial charge in [0.05, 0.1) is 6.42 Å². The van der Waals surface area contributed by atoms with Gasteiger partial charge < -0.3 is 9.53 Å². The lowest BCUT2D eigenvalue weighted by Gasteiger charge is -2.36. The third-order valence-electron chi connectivity index (χ3n) is 5.23. The summed E-state index contributed by atoms with van der Waals surface area (Å²) in [4.78, 5) is 35.9. The first-order valence-corrected chi connectivity index (χ1v) is 10.7. The summed E-state index contributed by atoms with van der Waals surface area (Å²) in [6.45, 7) is 13.4. The maximum absolute atomic E-state index is 12.8. The Morgan fingerprint density at radius 1 is 1.03 bits per heavy atom. The van der Waals surface area contributed by atoms with Gasteiger partial charge in [-0.3, -0.25) is 9.59 Å². The van der Waals surface area contributed by atoms with Gasteiger partial charge in [0.25, 0.3) is 0 Å². The maximum atomic E-state index is 12.8. The summed E-state index contributed by atoms with van der Waals surface area (Å²) in [5.41, 5.74) is 3.48. The molecule has 4 nitrogen and oxygen atoms in total. The fourth-order valence-corrected chi connectivity index (χ4v) is 3.41. The zero-order valence-electron chi connectivity index (χ0n) is 20.0. The summed E-state index contributed by atoms with van der Waals surface area (Å²) in [5.74, 6) is -0.736. The minimum atomic E-state index is -0.793. The van der Waals surface area contributed by atoms with Crippen molar-refractivity contribution < 1.29 is 19.1 Å². The van der Waals surface area contributed by atoms with E-state index in [2.05, 4.69) is 0 Å². The van der Waals surface area contributed by atoms with Gasteiger partial charge in [-0.05, 0) is 51.2 Å². The smallest absolute Gasteiger partial charge is 0.306 e. The molecular formula is C27H36O4. The summed E-state index contributed by atoms with van der Waals surface area (Å²) in [5, 5.41) is 0. The van der Waals surface area contributed by atoms with Gasteiger partial charge in [0.2, 0.25) is 0 Å². The van der Waals surface area contributed by atoms with E-state index in [9.17, 15) is 14.4 Å². The van der Waals surface area contributed by atoms with E-state index in [0.717, 1.165) is 16.7 Å². The molecule has 0 aliphatic heterocycles. The van der Waals surface area contributed by atoms with Gasteiger partial charge in [-0.15, -0.1) is 0 Å². The molecule has 0 heterocycles. The Bertz CT molecular complexity index is 873. The minimum Gasteiger partial charge on any atom is -0.454 e. The molecule has 0 saturated heterocycles. The van der Waals surface area contributed by atoms with E-state index in [1.54, 1.807) is 6.92 Å². The fourth-order valence-electron chi connectivity index (χ4n) is 3.41. The second-order valence-electron chi connectivity index (χ2n) is 8.71. The highest BCUT2D eigenvalue weighted by atomic mass is 16.5. The Morgan fingerprint density at radius 3 is 2.26 bits per heavy atom. The Labute approximate surface area is 187 Å². The molecule has 0 saturated carbocycles. The van der Waals surface area contributed by atoms with Crippen LogP contribution < -0.4 is 0 Å². The molecule has 4 heteroatoms. The zero-order valence-corrected chi connectivity index (χ0v) is 20.0. The Kier molecular flexibility index (Phi) is 10.3. The van der Waals surface area contributed by atoms with Gasteiger partial charge in [-0.2, -0.15) is 0 Å². The van der Waals surface area contributed by atoms with Crippen molar-refractivity contribution in [3.05, 3.63) is 70.9 Å². The van der Waals surface area contributed by atoms with Gasteiger partial charge in [-0.1, -0.05) is 73.6 Å². The van der Waals surface area contributed by atoms with Crippen molar-refractivity contribution in [1.82, 2.24) is 0 Å². The average molecular weight is 425 g/mol. The van der Waals surface area contributed by atoms with E-state index in [0.29, 0.717) is 12.0 Å². The van der Waals surface area contributed by atoms with Gasteiger partial charge >= 0.3 is 5.97 Å². The molecule has 0 fully saturated rings. The number of ketones is 2. The Balaban J connectivity index is 2.94. The lowest BCUT2D eigenvalue weighted by molar-refractivity contribution is -0.156.